The standard InChI is InChI=1S/C11H14Cl2N2O5S/c1-3-11(2,6-16)14-21(19,20)8-5-4-7(12)10(9(8)13)15(17)18/h4-5,14,16H,3,6H2,1-2H3. The lowest BCUT2D eigenvalue weighted by Crippen LogP contribution is -2.48. The van der Waals surface area contributed by atoms with Gasteiger partial charge in [0.25, 0.3) is 0 Å². The number of benzene rings is 1. The Labute approximate surface area is 132 Å². The molecule has 21 heavy (non-hydrogen) atoms. The van der Waals surface area contributed by atoms with Gasteiger partial charge in [-0.25, -0.2) is 13.1 Å². The van der Waals surface area contributed by atoms with Crippen LogP contribution in [0.2, 0.25) is 10.0 Å². The molecule has 0 amide bonds. The van der Waals surface area contributed by atoms with Gasteiger partial charge in [-0.1, -0.05) is 30.1 Å². The molecule has 0 saturated heterocycles. The smallest absolute Gasteiger partial charge is 0.307 e. The molecule has 0 heterocycles. The second-order valence-corrected chi connectivity index (χ2v) is 7.08. The van der Waals surface area contributed by atoms with Crippen LogP contribution in [0.4, 0.5) is 5.69 Å². The van der Waals surface area contributed by atoms with Crippen LogP contribution >= 0.6 is 23.2 Å². The van der Waals surface area contributed by atoms with Gasteiger partial charge in [0.2, 0.25) is 10.0 Å². The molecule has 0 aliphatic heterocycles. The second kappa shape index (κ2) is 6.45. The molecule has 0 spiro atoms. The minimum Gasteiger partial charge on any atom is -0.394 e. The molecule has 1 rings (SSSR count). The Balaban J connectivity index is 3.40. The fourth-order valence-corrected chi connectivity index (χ4v) is 3.85. The molecule has 118 valence electrons. The highest BCUT2D eigenvalue weighted by Crippen LogP contribution is 2.37. The van der Waals surface area contributed by atoms with Gasteiger partial charge in [-0.3, -0.25) is 10.1 Å². The number of rotatable bonds is 6. The summed E-state index contributed by atoms with van der Waals surface area (Å²) in [6, 6.07) is 2.16. The molecule has 0 aromatic heterocycles. The molecule has 2 N–H and O–H groups in total. The summed E-state index contributed by atoms with van der Waals surface area (Å²) in [4.78, 5) is 9.58. The Morgan fingerprint density at radius 1 is 1.43 bits per heavy atom. The second-order valence-electron chi connectivity index (χ2n) is 4.64. The van der Waals surface area contributed by atoms with Crippen LogP contribution < -0.4 is 4.72 Å². The Morgan fingerprint density at radius 2 is 2.00 bits per heavy atom. The van der Waals surface area contributed by atoms with Crippen molar-refractivity contribution >= 4 is 38.9 Å². The van der Waals surface area contributed by atoms with Gasteiger partial charge >= 0.3 is 5.69 Å². The van der Waals surface area contributed by atoms with Crippen molar-refractivity contribution in [2.24, 2.45) is 0 Å². The lowest BCUT2D eigenvalue weighted by Gasteiger charge is -2.26. The molecule has 1 atom stereocenters. The van der Waals surface area contributed by atoms with Crippen molar-refractivity contribution in [1.82, 2.24) is 4.72 Å². The van der Waals surface area contributed by atoms with Crippen LogP contribution in [0.5, 0.6) is 0 Å². The summed E-state index contributed by atoms with van der Waals surface area (Å²) in [5.41, 5.74) is -1.78. The van der Waals surface area contributed by atoms with E-state index in [4.69, 9.17) is 23.2 Å². The quantitative estimate of drug-likeness (QED) is 0.600. The van der Waals surface area contributed by atoms with E-state index < -0.39 is 42.7 Å². The van der Waals surface area contributed by atoms with Gasteiger partial charge in [-0.15, -0.1) is 0 Å². The third kappa shape index (κ3) is 3.83. The van der Waals surface area contributed by atoms with E-state index in [9.17, 15) is 23.6 Å². The van der Waals surface area contributed by atoms with Crippen LogP contribution in [-0.2, 0) is 10.0 Å². The molecule has 0 aliphatic carbocycles. The topological polar surface area (TPSA) is 110 Å². The number of nitro groups is 1. The molecular weight excluding hydrogens is 343 g/mol. The zero-order chi connectivity index (χ0) is 16.4. The van der Waals surface area contributed by atoms with Gasteiger partial charge in [0.05, 0.1) is 17.1 Å². The number of nitrogens with one attached hydrogen (secondary N) is 1. The summed E-state index contributed by atoms with van der Waals surface area (Å²) in [6.07, 6.45) is 0.316. The predicted molar refractivity (Wildman–Crippen MR) is 79.2 cm³/mol. The summed E-state index contributed by atoms with van der Waals surface area (Å²) in [6.45, 7) is 2.75. The van der Waals surface area contributed by atoms with E-state index in [0.717, 1.165) is 12.1 Å². The number of nitro benzene ring substituents is 1. The van der Waals surface area contributed by atoms with Crippen LogP contribution in [0.25, 0.3) is 0 Å². The maximum atomic E-state index is 12.3. The Kier molecular flexibility index (Phi) is 5.57. The van der Waals surface area contributed by atoms with Crippen LogP contribution in [0.3, 0.4) is 0 Å². The van der Waals surface area contributed by atoms with Crippen molar-refractivity contribution in [2.75, 3.05) is 6.61 Å². The number of halogens is 2. The minimum atomic E-state index is -4.15. The highest BCUT2D eigenvalue weighted by atomic mass is 35.5. The fraction of sp³-hybridized carbons (Fsp3) is 0.455. The van der Waals surface area contributed by atoms with E-state index in [-0.39, 0.29) is 5.02 Å². The van der Waals surface area contributed by atoms with Crippen molar-refractivity contribution in [3.63, 3.8) is 0 Å². The third-order valence-electron chi connectivity index (χ3n) is 3.01. The average Bonchev–Trinajstić information content (AvgIpc) is 2.37. The molecule has 1 aromatic carbocycles. The first-order valence-electron chi connectivity index (χ1n) is 5.85. The molecule has 7 nitrogen and oxygen atoms in total. The Bertz CT molecular complexity index is 659. The van der Waals surface area contributed by atoms with Gasteiger partial charge in [0.1, 0.15) is 14.9 Å². The van der Waals surface area contributed by atoms with Gasteiger partial charge < -0.3 is 5.11 Å². The first-order valence-corrected chi connectivity index (χ1v) is 8.09. The summed E-state index contributed by atoms with van der Waals surface area (Å²) in [5, 5.41) is 19.3. The average molecular weight is 357 g/mol. The lowest BCUT2D eigenvalue weighted by atomic mass is 10.0. The number of hydrogen-bond acceptors (Lipinski definition) is 5. The van der Waals surface area contributed by atoms with E-state index in [1.165, 1.54) is 6.92 Å². The number of sulfonamides is 1. The van der Waals surface area contributed by atoms with Crippen LogP contribution in [0, 0.1) is 10.1 Å². The first-order chi connectivity index (χ1) is 9.58. The molecule has 0 saturated carbocycles. The molecule has 0 bridgehead atoms. The summed E-state index contributed by atoms with van der Waals surface area (Å²) in [7, 11) is -4.15. The molecule has 0 fully saturated rings. The summed E-state index contributed by atoms with van der Waals surface area (Å²) in [5.74, 6) is 0. The van der Waals surface area contributed by atoms with E-state index >= 15 is 0 Å². The summed E-state index contributed by atoms with van der Waals surface area (Å²) >= 11 is 11.5. The number of nitrogens with zero attached hydrogens (tertiary/aromatic N) is 1. The van der Waals surface area contributed by atoms with Crippen molar-refractivity contribution in [3.05, 3.63) is 32.3 Å². The van der Waals surface area contributed by atoms with Crippen LogP contribution in [-0.4, -0.2) is 30.6 Å². The molecule has 0 aliphatic rings. The fourth-order valence-electron chi connectivity index (χ4n) is 1.49. The molecule has 10 heteroatoms. The third-order valence-corrected chi connectivity index (χ3v) is 5.49. The van der Waals surface area contributed by atoms with Gasteiger partial charge in [-0.05, 0) is 25.5 Å². The molecular formula is C11H14Cl2N2O5S. The van der Waals surface area contributed by atoms with Gasteiger partial charge in [0, 0.05) is 0 Å². The highest BCUT2D eigenvalue weighted by molar-refractivity contribution is 7.89. The number of aliphatic hydroxyl groups excluding tert-OH is 1. The Morgan fingerprint density at radius 3 is 2.43 bits per heavy atom. The van der Waals surface area contributed by atoms with Gasteiger partial charge in [0.15, 0.2) is 0 Å². The Hall–Kier alpha value is -0.930. The zero-order valence-corrected chi connectivity index (χ0v) is 13.6. The molecule has 0 radical (unpaired) electrons. The maximum absolute atomic E-state index is 12.3. The minimum absolute atomic E-state index is 0.260. The van der Waals surface area contributed by atoms with Crippen molar-refractivity contribution in [3.8, 4) is 0 Å². The number of aliphatic hydroxyl groups is 1. The number of hydrogen-bond donors (Lipinski definition) is 2. The zero-order valence-electron chi connectivity index (χ0n) is 11.3. The maximum Gasteiger partial charge on any atom is 0.307 e. The van der Waals surface area contributed by atoms with Gasteiger partial charge in [-0.2, -0.15) is 0 Å². The first kappa shape index (κ1) is 18.1. The van der Waals surface area contributed by atoms with Crippen LogP contribution in [0.1, 0.15) is 20.3 Å². The molecule has 1 aromatic rings. The van der Waals surface area contributed by atoms with E-state index in [1.807, 2.05) is 0 Å². The lowest BCUT2D eigenvalue weighted by molar-refractivity contribution is -0.384. The monoisotopic (exact) mass is 356 g/mol. The van der Waals surface area contributed by atoms with Crippen molar-refractivity contribution < 1.29 is 18.4 Å². The van der Waals surface area contributed by atoms with E-state index in [0.29, 0.717) is 6.42 Å². The predicted octanol–water partition coefficient (Wildman–Crippen LogP) is 2.34. The van der Waals surface area contributed by atoms with E-state index in [2.05, 4.69) is 4.72 Å². The largest absolute Gasteiger partial charge is 0.394 e. The van der Waals surface area contributed by atoms with Crippen molar-refractivity contribution in [1.29, 1.82) is 0 Å². The normalized spacial score (nSPS) is 14.7. The molecule has 1 unspecified atom stereocenters. The highest BCUT2D eigenvalue weighted by Gasteiger charge is 2.33. The van der Waals surface area contributed by atoms with Crippen LogP contribution in [0.15, 0.2) is 17.0 Å². The SMILES string of the molecule is CCC(C)(CO)NS(=O)(=O)c1ccc(Cl)c([N+](=O)[O-])c1Cl. The van der Waals surface area contributed by atoms with E-state index in [1.54, 1.807) is 6.92 Å². The summed E-state index contributed by atoms with van der Waals surface area (Å²) < 4.78 is 26.9. The van der Waals surface area contributed by atoms with Crippen molar-refractivity contribution in [2.45, 2.75) is 30.7 Å².